The summed E-state index contributed by atoms with van der Waals surface area (Å²) in [5.74, 6) is -0.947. The Labute approximate surface area is 105 Å². The van der Waals surface area contributed by atoms with Crippen LogP contribution in [0.25, 0.3) is 0 Å². The first-order valence-electron chi connectivity index (χ1n) is 5.54. The summed E-state index contributed by atoms with van der Waals surface area (Å²) >= 11 is 6.12. The van der Waals surface area contributed by atoms with Gasteiger partial charge in [-0.15, -0.1) is 0 Å². The normalized spacial score (nSPS) is 17.2. The number of carbonyl (C=O) groups is 1. The van der Waals surface area contributed by atoms with Crippen molar-refractivity contribution in [2.24, 2.45) is 0 Å². The lowest BCUT2D eigenvalue weighted by Crippen LogP contribution is -2.44. The third-order valence-corrected chi connectivity index (χ3v) is 3.34. The van der Waals surface area contributed by atoms with Crippen molar-refractivity contribution in [1.29, 1.82) is 0 Å². The van der Waals surface area contributed by atoms with Crippen LogP contribution in [-0.4, -0.2) is 49.2 Å². The van der Waals surface area contributed by atoms with Crippen molar-refractivity contribution in [3.05, 3.63) is 28.8 Å². The number of halogens is 1. The molecule has 0 unspecified atom stereocenters. The van der Waals surface area contributed by atoms with Gasteiger partial charge in [-0.3, -0.25) is 0 Å². The molecule has 1 saturated heterocycles. The summed E-state index contributed by atoms with van der Waals surface area (Å²) in [4.78, 5) is 15.3. The molecule has 1 fully saturated rings. The highest BCUT2D eigenvalue weighted by atomic mass is 35.5. The highest BCUT2D eigenvalue weighted by Crippen LogP contribution is 2.27. The molecule has 1 heterocycles. The maximum Gasteiger partial charge on any atom is 0.335 e. The van der Waals surface area contributed by atoms with Gasteiger partial charge < -0.3 is 14.9 Å². The van der Waals surface area contributed by atoms with E-state index < -0.39 is 5.97 Å². The number of rotatable bonds is 2. The largest absolute Gasteiger partial charge is 0.478 e. The third kappa shape index (κ3) is 2.70. The summed E-state index contributed by atoms with van der Waals surface area (Å²) in [6, 6.07) is 4.90. The molecule has 17 heavy (non-hydrogen) atoms. The minimum absolute atomic E-state index is 0.230. The van der Waals surface area contributed by atoms with Crippen molar-refractivity contribution in [1.82, 2.24) is 4.90 Å². The van der Waals surface area contributed by atoms with Gasteiger partial charge in [-0.25, -0.2) is 4.79 Å². The quantitative estimate of drug-likeness (QED) is 0.874. The van der Waals surface area contributed by atoms with E-state index in [1.54, 1.807) is 12.1 Å². The number of carboxylic acid groups (broad SMARTS) is 1. The van der Waals surface area contributed by atoms with Crippen molar-refractivity contribution in [3.8, 4) is 0 Å². The second kappa shape index (κ2) is 4.94. The van der Waals surface area contributed by atoms with Crippen molar-refractivity contribution in [3.63, 3.8) is 0 Å². The van der Waals surface area contributed by atoms with Crippen LogP contribution in [0.4, 0.5) is 5.69 Å². The van der Waals surface area contributed by atoms with E-state index in [1.807, 2.05) is 0 Å². The van der Waals surface area contributed by atoms with Crippen LogP contribution < -0.4 is 4.90 Å². The SMILES string of the molecule is CN1CCN(c2ccc(C(=O)O)cc2Cl)CC1. The molecule has 92 valence electrons. The van der Waals surface area contributed by atoms with Crippen LogP contribution in [0.1, 0.15) is 10.4 Å². The van der Waals surface area contributed by atoms with Gasteiger partial charge in [0.2, 0.25) is 0 Å². The molecule has 0 atom stereocenters. The minimum atomic E-state index is -0.947. The van der Waals surface area contributed by atoms with Crippen LogP contribution in [0.15, 0.2) is 18.2 Å². The smallest absolute Gasteiger partial charge is 0.335 e. The first kappa shape index (κ1) is 12.2. The van der Waals surface area contributed by atoms with Gasteiger partial charge in [0.1, 0.15) is 0 Å². The highest BCUT2D eigenvalue weighted by Gasteiger charge is 2.17. The zero-order valence-electron chi connectivity index (χ0n) is 9.69. The average Bonchev–Trinajstić information content (AvgIpc) is 2.30. The minimum Gasteiger partial charge on any atom is -0.478 e. The monoisotopic (exact) mass is 254 g/mol. The Morgan fingerprint density at radius 2 is 1.94 bits per heavy atom. The van der Waals surface area contributed by atoms with E-state index in [-0.39, 0.29) is 5.56 Å². The van der Waals surface area contributed by atoms with E-state index >= 15 is 0 Å². The Morgan fingerprint density at radius 1 is 1.29 bits per heavy atom. The van der Waals surface area contributed by atoms with Gasteiger partial charge in [0.25, 0.3) is 0 Å². The van der Waals surface area contributed by atoms with Crippen LogP contribution in [-0.2, 0) is 0 Å². The fourth-order valence-corrected chi connectivity index (χ4v) is 2.24. The predicted octanol–water partition coefficient (Wildman–Crippen LogP) is 1.79. The molecule has 0 aliphatic carbocycles. The number of nitrogens with zero attached hydrogens (tertiary/aromatic N) is 2. The van der Waals surface area contributed by atoms with Gasteiger partial charge in [0, 0.05) is 26.2 Å². The lowest BCUT2D eigenvalue weighted by molar-refractivity contribution is 0.0697. The number of likely N-dealkylation sites (N-methyl/N-ethyl adjacent to an activating group) is 1. The van der Waals surface area contributed by atoms with Gasteiger partial charge in [-0.1, -0.05) is 11.6 Å². The van der Waals surface area contributed by atoms with Crippen LogP contribution in [0.3, 0.4) is 0 Å². The second-order valence-corrected chi connectivity index (χ2v) is 4.67. The van der Waals surface area contributed by atoms with Crippen LogP contribution in [0, 0.1) is 0 Å². The Morgan fingerprint density at radius 3 is 2.47 bits per heavy atom. The van der Waals surface area contributed by atoms with Crippen molar-refractivity contribution < 1.29 is 9.90 Å². The van der Waals surface area contributed by atoms with E-state index in [4.69, 9.17) is 16.7 Å². The molecule has 0 radical (unpaired) electrons. The molecule has 0 spiro atoms. The van der Waals surface area contributed by atoms with Gasteiger partial charge in [0.15, 0.2) is 0 Å². The van der Waals surface area contributed by atoms with Crippen LogP contribution in [0.2, 0.25) is 5.02 Å². The number of piperazine rings is 1. The molecule has 0 amide bonds. The molecule has 4 nitrogen and oxygen atoms in total. The zero-order chi connectivity index (χ0) is 12.4. The molecule has 0 aromatic heterocycles. The van der Waals surface area contributed by atoms with Crippen LogP contribution in [0.5, 0.6) is 0 Å². The molecule has 2 rings (SSSR count). The summed E-state index contributed by atoms with van der Waals surface area (Å²) in [6.45, 7) is 3.83. The molecule has 5 heteroatoms. The molecule has 0 saturated carbocycles. The number of aromatic carboxylic acids is 1. The first-order valence-corrected chi connectivity index (χ1v) is 5.92. The lowest BCUT2D eigenvalue weighted by atomic mass is 10.2. The van der Waals surface area contributed by atoms with Crippen LogP contribution >= 0.6 is 11.6 Å². The molecule has 1 aromatic rings. The van der Waals surface area contributed by atoms with Gasteiger partial charge >= 0.3 is 5.97 Å². The van der Waals surface area contributed by atoms with Crippen molar-refractivity contribution in [2.45, 2.75) is 0 Å². The summed E-state index contributed by atoms with van der Waals surface area (Å²) in [7, 11) is 2.09. The summed E-state index contributed by atoms with van der Waals surface area (Å²) in [5, 5.41) is 9.38. The number of anilines is 1. The Hall–Kier alpha value is -1.26. The predicted molar refractivity (Wildman–Crippen MR) is 68.1 cm³/mol. The second-order valence-electron chi connectivity index (χ2n) is 4.26. The zero-order valence-corrected chi connectivity index (χ0v) is 10.4. The fraction of sp³-hybridized carbons (Fsp3) is 0.417. The van der Waals surface area contributed by atoms with E-state index in [9.17, 15) is 4.79 Å². The van der Waals surface area contributed by atoms with Gasteiger partial charge in [-0.2, -0.15) is 0 Å². The van der Waals surface area contributed by atoms with Crippen molar-refractivity contribution in [2.75, 3.05) is 38.1 Å². The maximum atomic E-state index is 10.8. The third-order valence-electron chi connectivity index (χ3n) is 3.04. The molecular weight excluding hydrogens is 240 g/mol. The molecule has 0 bridgehead atoms. The maximum absolute atomic E-state index is 10.8. The van der Waals surface area contributed by atoms with Gasteiger partial charge in [-0.05, 0) is 25.2 Å². The molecule has 1 aliphatic rings. The standard InChI is InChI=1S/C12H15ClN2O2/c1-14-4-6-15(7-5-14)11-3-2-9(12(16)17)8-10(11)13/h2-3,8H,4-7H2,1H3,(H,16,17). The number of hydrogen-bond acceptors (Lipinski definition) is 3. The summed E-state index contributed by atoms with van der Waals surface area (Å²) < 4.78 is 0. The molecular formula is C12H15ClN2O2. The van der Waals surface area contributed by atoms with Crippen molar-refractivity contribution >= 4 is 23.3 Å². The number of hydrogen-bond donors (Lipinski definition) is 1. The van der Waals surface area contributed by atoms with E-state index in [0.29, 0.717) is 5.02 Å². The van der Waals surface area contributed by atoms with E-state index in [0.717, 1.165) is 31.9 Å². The Balaban J connectivity index is 2.19. The Kier molecular flexibility index (Phi) is 3.54. The Bertz CT molecular complexity index is 429. The molecule has 1 aliphatic heterocycles. The topological polar surface area (TPSA) is 43.8 Å². The fourth-order valence-electron chi connectivity index (χ4n) is 1.94. The summed E-state index contributed by atoms with van der Waals surface area (Å²) in [6.07, 6.45) is 0. The number of benzene rings is 1. The highest BCUT2D eigenvalue weighted by molar-refractivity contribution is 6.33. The number of carboxylic acids is 1. The molecule has 1 aromatic carbocycles. The van der Waals surface area contributed by atoms with E-state index in [1.165, 1.54) is 6.07 Å². The lowest BCUT2D eigenvalue weighted by Gasteiger charge is -2.34. The molecule has 1 N–H and O–H groups in total. The summed E-state index contributed by atoms with van der Waals surface area (Å²) in [5.41, 5.74) is 1.15. The first-order chi connectivity index (χ1) is 8.08. The van der Waals surface area contributed by atoms with E-state index in [2.05, 4.69) is 16.8 Å². The average molecular weight is 255 g/mol. The van der Waals surface area contributed by atoms with Gasteiger partial charge in [0.05, 0.1) is 16.3 Å².